The molecule has 0 aromatic carbocycles. The average Bonchev–Trinajstić information content (AvgIpc) is 3.14. The van der Waals surface area contributed by atoms with Crippen LogP contribution < -0.4 is 5.32 Å². The van der Waals surface area contributed by atoms with Gasteiger partial charge in [-0.25, -0.2) is 0 Å². The van der Waals surface area contributed by atoms with Crippen LogP contribution in [0.15, 0.2) is 24.5 Å². The highest BCUT2D eigenvalue weighted by atomic mass is 32.1. The first kappa shape index (κ1) is 11.9. The number of fused-ring (bicyclic) bond motifs is 1. The molecule has 1 saturated heterocycles. The van der Waals surface area contributed by atoms with Gasteiger partial charge in [0.15, 0.2) is 5.82 Å². The number of hydrogen-bond donors (Lipinski definition) is 1. The zero-order valence-electron chi connectivity index (χ0n) is 11.1. The molecule has 1 aliphatic rings. The molecular formula is C13H14N6S. The van der Waals surface area contributed by atoms with Crippen molar-refractivity contribution in [2.45, 2.75) is 18.8 Å². The van der Waals surface area contributed by atoms with Gasteiger partial charge in [0.25, 0.3) is 0 Å². The summed E-state index contributed by atoms with van der Waals surface area (Å²) in [7, 11) is 0. The molecule has 3 aromatic rings. The minimum atomic E-state index is 0.109. The third-order valence-electron chi connectivity index (χ3n) is 3.80. The Kier molecular flexibility index (Phi) is 2.58. The van der Waals surface area contributed by atoms with Crippen LogP contribution in [0.25, 0.3) is 16.3 Å². The van der Waals surface area contributed by atoms with Crippen molar-refractivity contribution < 1.29 is 0 Å². The van der Waals surface area contributed by atoms with Gasteiger partial charge in [-0.1, -0.05) is 18.3 Å². The molecule has 0 aliphatic carbocycles. The number of pyridine rings is 1. The minimum absolute atomic E-state index is 0.109. The Labute approximate surface area is 119 Å². The molecule has 1 N–H and O–H groups in total. The highest BCUT2D eigenvalue weighted by molar-refractivity contribution is 7.16. The van der Waals surface area contributed by atoms with Crippen LogP contribution in [0.1, 0.15) is 18.4 Å². The van der Waals surface area contributed by atoms with Gasteiger partial charge in [0.2, 0.25) is 4.96 Å². The van der Waals surface area contributed by atoms with E-state index in [0.717, 1.165) is 40.9 Å². The summed E-state index contributed by atoms with van der Waals surface area (Å²) in [5, 5.41) is 17.7. The summed E-state index contributed by atoms with van der Waals surface area (Å²) in [6, 6.07) is 3.87. The number of nitrogens with zero attached hydrogens (tertiary/aromatic N) is 5. The molecule has 3 aromatic heterocycles. The summed E-state index contributed by atoms with van der Waals surface area (Å²) in [5.74, 6) is 0.755. The largest absolute Gasteiger partial charge is 0.316 e. The molecular weight excluding hydrogens is 272 g/mol. The molecule has 0 radical (unpaired) electrons. The summed E-state index contributed by atoms with van der Waals surface area (Å²) < 4.78 is 1.83. The highest BCUT2D eigenvalue weighted by Crippen LogP contribution is 2.33. The van der Waals surface area contributed by atoms with Crippen LogP contribution >= 0.6 is 11.3 Å². The standard InChI is InChI=1S/C13H14N6S/c1-13(4-6-15-8-13)11-18-19-10(16-17-12(19)20-11)9-3-2-5-14-7-9/h2-3,5,7,15H,4,6,8H2,1H3. The third-order valence-corrected chi connectivity index (χ3v) is 5.00. The van der Waals surface area contributed by atoms with Crippen molar-refractivity contribution in [3.05, 3.63) is 29.5 Å². The molecule has 0 saturated carbocycles. The van der Waals surface area contributed by atoms with Crippen LogP contribution in [-0.4, -0.2) is 37.9 Å². The van der Waals surface area contributed by atoms with Crippen molar-refractivity contribution >= 4 is 16.3 Å². The van der Waals surface area contributed by atoms with Gasteiger partial charge in [-0.05, 0) is 25.1 Å². The maximum Gasteiger partial charge on any atom is 0.234 e. The second-order valence-corrected chi connectivity index (χ2v) is 6.31. The summed E-state index contributed by atoms with van der Waals surface area (Å²) in [4.78, 5) is 4.97. The summed E-state index contributed by atoms with van der Waals surface area (Å²) >= 11 is 1.63. The Bertz CT molecular complexity index is 741. The van der Waals surface area contributed by atoms with E-state index in [1.807, 2.05) is 16.6 Å². The van der Waals surface area contributed by atoms with E-state index in [-0.39, 0.29) is 5.41 Å². The SMILES string of the molecule is CC1(c2nn3c(-c4cccnc4)nnc3s2)CCNC1. The Hall–Kier alpha value is -1.86. The van der Waals surface area contributed by atoms with Crippen LogP contribution in [-0.2, 0) is 5.41 Å². The smallest absolute Gasteiger partial charge is 0.234 e. The van der Waals surface area contributed by atoms with Gasteiger partial charge in [-0.15, -0.1) is 10.2 Å². The second-order valence-electron chi connectivity index (χ2n) is 5.35. The number of nitrogens with one attached hydrogen (secondary N) is 1. The van der Waals surface area contributed by atoms with Gasteiger partial charge >= 0.3 is 0 Å². The van der Waals surface area contributed by atoms with E-state index >= 15 is 0 Å². The number of rotatable bonds is 2. The molecule has 1 fully saturated rings. The van der Waals surface area contributed by atoms with Gasteiger partial charge in [0, 0.05) is 29.9 Å². The molecule has 20 heavy (non-hydrogen) atoms. The predicted octanol–water partition coefficient (Wildman–Crippen LogP) is 1.50. The van der Waals surface area contributed by atoms with E-state index in [1.54, 1.807) is 23.7 Å². The van der Waals surface area contributed by atoms with Gasteiger partial charge in [0.1, 0.15) is 5.01 Å². The fourth-order valence-electron chi connectivity index (χ4n) is 2.54. The molecule has 0 bridgehead atoms. The van der Waals surface area contributed by atoms with E-state index < -0.39 is 0 Å². The Balaban J connectivity index is 1.83. The first-order valence-corrected chi connectivity index (χ1v) is 7.42. The highest BCUT2D eigenvalue weighted by Gasteiger charge is 2.34. The van der Waals surface area contributed by atoms with Crippen LogP contribution in [0, 0.1) is 0 Å². The molecule has 7 heteroatoms. The maximum atomic E-state index is 4.75. The normalized spacial score (nSPS) is 22.6. The number of aromatic nitrogens is 5. The molecule has 0 spiro atoms. The first-order chi connectivity index (χ1) is 9.76. The molecule has 1 aliphatic heterocycles. The van der Waals surface area contributed by atoms with E-state index in [9.17, 15) is 0 Å². The van der Waals surface area contributed by atoms with Gasteiger partial charge < -0.3 is 5.32 Å². The molecule has 102 valence electrons. The third kappa shape index (κ3) is 1.74. The van der Waals surface area contributed by atoms with E-state index in [4.69, 9.17) is 5.10 Å². The lowest BCUT2D eigenvalue weighted by molar-refractivity contribution is 0.514. The monoisotopic (exact) mass is 286 g/mol. The second kappa shape index (κ2) is 4.32. The van der Waals surface area contributed by atoms with E-state index in [0.29, 0.717) is 0 Å². The molecule has 6 nitrogen and oxygen atoms in total. The van der Waals surface area contributed by atoms with Crippen LogP contribution in [0.5, 0.6) is 0 Å². The molecule has 4 heterocycles. The lowest BCUT2D eigenvalue weighted by atomic mass is 9.91. The zero-order valence-corrected chi connectivity index (χ0v) is 11.9. The Morgan fingerprint density at radius 1 is 1.40 bits per heavy atom. The van der Waals surface area contributed by atoms with Crippen molar-refractivity contribution in [1.82, 2.24) is 30.1 Å². The minimum Gasteiger partial charge on any atom is -0.316 e. The van der Waals surface area contributed by atoms with Crippen LogP contribution in [0.4, 0.5) is 0 Å². The molecule has 1 atom stereocenters. The Morgan fingerprint density at radius 2 is 2.35 bits per heavy atom. The van der Waals surface area contributed by atoms with Crippen molar-refractivity contribution in [1.29, 1.82) is 0 Å². The van der Waals surface area contributed by atoms with Gasteiger partial charge in [0.05, 0.1) is 0 Å². The quantitative estimate of drug-likeness (QED) is 0.773. The fourth-order valence-corrected chi connectivity index (χ4v) is 3.55. The molecule has 1 unspecified atom stereocenters. The van der Waals surface area contributed by atoms with Crippen molar-refractivity contribution in [2.75, 3.05) is 13.1 Å². The molecule has 4 rings (SSSR count). The topological polar surface area (TPSA) is 68.0 Å². The Morgan fingerprint density at radius 3 is 3.10 bits per heavy atom. The summed E-state index contributed by atoms with van der Waals surface area (Å²) in [6.07, 6.45) is 4.65. The fraction of sp³-hybridized carbons (Fsp3) is 0.385. The predicted molar refractivity (Wildman–Crippen MR) is 76.7 cm³/mol. The van der Waals surface area contributed by atoms with Crippen LogP contribution in [0.2, 0.25) is 0 Å². The lowest BCUT2D eigenvalue weighted by Gasteiger charge is -2.17. The lowest BCUT2D eigenvalue weighted by Crippen LogP contribution is -2.24. The first-order valence-electron chi connectivity index (χ1n) is 6.60. The van der Waals surface area contributed by atoms with Crippen molar-refractivity contribution in [3.8, 4) is 11.4 Å². The number of hydrogen-bond acceptors (Lipinski definition) is 6. The van der Waals surface area contributed by atoms with Crippen molar-refractivity contribution in [3.63, 3.8) is 0 Å². The van der Waals surface area contributed by atoms with Crippen molar-refractivity contribution in [2.24, 2.45) is 0 Å². The van der Waals surface area contributed by atoms with Gasteiger partial charge in [-0.2, -0.15) is 9.61 Å². The van der Waals surface area contributed by atoms with Gasteiger partial charge in [-0.3, -0.25) is 4.98 Å². The van der Waals surface area contributed by atoms with Crippen LogP contribution in [0.3, 0.4) is 0 Å². The maximum absolute atomic E-state index is 4.75. The zero-order chi connectivity index (χ0) is 13.6. The van der Waals surface area contributed by atoms with E-state index in [2.05, 4.69) is 27.4 Å². The average molecular weight is 286 g/mol. The summed E-state index contributed by atoms with van der Waals surface area (Å²) in [6.45, 7) is 4.27. The summed E-state index contributed by atoms with van der Waals surface area (Å²) in [5.41, 5.74) is 1.05. The van der Waals surface area contributed by atoms with E-state index in [1.165, 1.54) is 0 Å². The molecule has 0 amide bonds.